The van der Waals surface area contributed by atoms with E-state index in [1.54, 1.807) is 18.2 Å². The average molecular weight is 1170 g/mol. The number of carboxylic acids is 1. The third-order valence-corrected chi connectivity index (χ3v) is 17.5. The number of ether oxygens (including phenoxy) is 3. The summed E-state index contributed by atoms with van der Waals surface area (Å²) >= 11 is 0. The van der Waals surface area contributed by atoms with Crippen LogP contribution >= 0.6 is 12.4 Å². The number of nitrogens with one attached hydrogen (secondary N) is 1. The molecule has 450 valence electrons. The third-order valence-electron chi connectivity index (χ3n) is 17.5. The summed E-state index contributed by atoms with van der Waals surface area (Å²) in [5.74, 6) is 0.797. The zero-order valence-corrected chi connectivity index (χ0v) is 48.6. The van der Waals surface area contributed by atoms with E-state index in [-0.39, 0.29) is 60.2 Å². The van der Waals surface area contributed by atoms with Crippen molar-refractivity contribution in [1.82, 2.24) is 15.1 Å². The largest absolute Gasteiger partial charge is 0.479 e. The van der Waals surface area contributed by atoms with Gasteiger partial charge in [-0.1, -0.05) is 66.7 Å². The number of aryl methyl sites for hydroxylation is 3. The topological polar surface area (TPSA) is 203 Å². The van der Waals surface area contributed by atoms with E-state index in [1.165, 1.54) is 29.5 Å². The van der Waals surface area contributed by atoms with Crippen LogP contribution in [0.25, 0.3) is 0 Å². The van der Waals surface area contributed by atoms with Crippen molar-refractivity contribution in [2.45, 2.75) is 158 Å². The fourth-order valence-electron chi connectivity index (χ4n) is 12.5. The van der Waals surface area contributed by atoms with Crippen LogP contribution < -0.4 is 5.32 Å². The molecule has 2 aliphatic carbocycles. The van der Waals surface area contributed by atoms with Crippen LogP contribution in [0.4, 0.5) is 13.2 Å². The molecule has 5 aliphatic heterocycles. The van der Waals surface area contributed by atoms with Crippen molar-refractivity contribution < 1.29 is 70.8 Å². The number of nitrogens with zero attached hydrogens (tertiary/aromatic N) is 2. The second-order valence-electron chi connectivity index (χ2n) is 22.6. The number of aliphatic carboxylic acids is 1. The highest BCUT2D eigenvalue weighted by molar-refractivity contribution is 5.85. The number of benzene rings is 4. The number of rotatable bonds is 11. The maximum Gasteiger partial charge on any atom is 0.373 e. The lowest BCUT2D eigenvalue weighted by molar-refractivity contribution is -0.193. The van der Waals surface area contributed by atoms with E-state index in [9.17, 15) is 27.9 Å². The first-order chi connectivity index (χ1) is 39.6. The highest BCUT2D eigenvalue weighted by Gasteiger charge is 2.56. The number of piperidine rings is 3. The Morgan fingerprint density at radius 2 is 0.916 bits per heavy atom. The minimum atomic E-state index is -0.916. The second kappa shape index (κ2) is 33.4. The van der Waals surface area contributed by atoms with Crippen molar-refractivity contribution in [2.75, 3.05) is 52.5 Å². The summed E-state index contributed by atoms with van der Waals surface area (Å²) in [7, 11) is 0. The summed E-state index contributed by atoms with van der Waals surface area (Å²) in [6, 6.07) is 27.1. The van der Waals surface area contributed by atoms with Gasteiger partial charge in [-0.15, -0.1) is 12.4 Å². The van der Waals surface area contributed by atoms with Gasteiger partial charge in [0.2, 0.25) is 0 Å². The van der Waals surface area contributed by atoms with Crippen LogP contribution in [0.2, 0.25) is 0 Å². The Kier molecular flexibility index (Phi) is 27.2. The van der Waals surface area contributed by atoms with Gasteiger partial charge in [-0.05, 0) is 237 Å². The lowest BCUT2D eigenvalue weighted by Gasteiger charge is -2.44. The van der Waals surface area contributed by atoms with Gasteiger partial charge in [-0.2, -0.15) is 28.8 Å². The smallest absolute Gasteiger partial charge is 0.373 e. The van der Waals surface area contributed by atoms with E-state index < -0.39 is 17.2 Å². The van der Waals surface area contributed by atoms with Crippen LogP contribution in [-0.4, -0.2) is 121 Å². The van der Waals surface area contributed by atoms with Crippen molar-refractivity contribution in [3.63, 3.8) is 0 Å². The Morgan fingerprint density at radius 3 is 1.25 bits per heavy atom. The lowest BCUT2D eigenvalue weighted by Crippen LogP contribution is -2.54. The molecule has 4 aromatic rings. The number of carbonyl (C=O) groups excluding carboxylic acids is 7. The second-order valence-corrected chi connectivity index (χ2v) is 22.6. The average Bonchev–Trinajstić information content (AvgIpc) is 4.24. The van der Waals surface area contributed by atoms with Crippen molar-refractivity contribution in [1.29, 1.82) is 0 Å². The van der Waals surface area contributed by atoms with Crippen LogP contribution in [0.15, 0.2) is 84.9 Å². The van der Waals surface area contributed by atoms with Gasteiger partial charge in [0.15, 0.2) is 11.2 Å². The first kappa shape index (κ1) is 67.6. The number of esters is 1. The molecule has 4 aromatic carbocycles. The van der Waals surface area contributed by atoms with E-state index in [4.69, 9.17) is 43.0 Å². The summed E-state index contributed by atoms with van der Waals surface area (Å²) in [5, 5.41) is 13.0. The van der Waals surface area contributed by atoms with E-state index in [0.29, 0.717) is 62.0 Å². The SMILES string of the molecule is Cc1cc(C2CCN([C@@H]3CC[C@@](C(=O)O)(C4CC4)OC3)CC2)ccc1F.Cc1cc(C2CCN([C@@H]3CC[C@@](C(=O)OCc4ccccc4)(C4CC4)OC3)CC2)ccc1F.Cc1cc(C2CCNCC2)ccc1F.Cl.O=C=O.O=C=O.O=C=O. The molecule has 7 fully saturated rings. The molecule has 7 aliphatic rings. The van der Waals surface area contributed by atoms with Gasteiger partial charge in [-0.25, -0.2) is 22.8 Å². The number of hydrogen-bond donors (Lipinski definition) is 2. The van der Waals surface area contributed by atoms with Crippen molar-refractivity contribution in [2.24, 2.45) is 11.8 Å². The number of halogens is 4. The van der Waals surface area contributed by atoms with Gasteiger partial charge in [0.1, 0.15) is 24.1 Å². The van der Waals surface area contributed by atoms with Crippen LogP contribution in [0, 0.1) is 50.1 Å². The molecule has 5 heterocycles. The zero-order chi connectivity index (χ0) is 59.2. The van der Waals surface area contributed by atoms with Gasteiger partial charge >= 0.3 is 30.4 Å². The van der Waals surface area contributed by atoms with Crippen LogP contribution in [0.3, 0.4) is 0 Å². The molecule has 0 spiro atoms. The third kappa shape index (κ3) is 18.9. The molecular weight excluding hydrogens is 1100 g/mol. The molecule has 19 heteroatoms. The van der Waals surface area contributed by atoms with E-state index >= 15 is 0 Å². The molecule has 4 atom stereocenters. The summed E-state index contributed by atoms with van der Waals surface area (Å²) in [6.45, 7) is 13.1. The fourth-order valence-corrected chi connectivity index (χ4v) is 12.5. The van der Waals surface area contributed by atoms with E-state index in [0.717, 1.165) is 132 Å². The van der Waals surface area contributed by atoms with Gasteiger partial charge in [0.25, 0.3) is 0 Å². The number of hydrogen-bond acceptors (Lipinski definition) is 14. The summed E-state index contributed by atoms with van der Waals surface area (Å²) < 4.78 is 58.3. The zero-order valence-electron chi connectivity index (χ0n) is 47.8. The van der Waals surface area contributed by atoms with Crippen molar-refractivity contribution in [3.05, 3.63) is 141 Å². The predicted octanol–water partition coefficient (Wildman–Crippen LogP) is 10.4. The molecule has 0 amide bonds. The Hall–Kier alpha value is -6.16. The normalized spacial score (nSPS) is 23.8. The minimum Gasteiger partial charge on any atom is -0.479 e. The lowest BCUT2D eigenvalue weighted by atomic mass is 9.85. The standard InChI is InChI=1S/C28H34FNO3.C21H28FNO3.C12H16FN.3CO2.ClH/c1-20-17-23(7-10-26(20)29)22-12-15-30(16-13-22)25-11-14-28(33-19-25,24-8-9-24)27(31)32-18-21-5-3-2-4-6-21;1-14-12-16(2-5-19(14)22)15-7-10-23(11-8-15)18-6-9-21(20(24)25,26-13-18)17-3-4-17;1-9-8-11(2-3-12(9)13)10-4-6-14-7-5-10;3*2-1-3;/h2-7,10,17,22,24-25H,8-9,11-16,18-19H2,1H3;2,5,12,15,17-18H,3-4,6-11,13H2,1H3,(H,24,25);2-3,8,10,14H,4-7H2,1H3;;;;1H/t25-,28+;18-,21+;;;;;/m11...../s1. The van der Waals surface area contributed by atoms with Crippen LogP contribution in [-0.2, 0) is 59.2 Å². The molecule has 0 unspecified atom stereocenters. The first-order valence-electron chi connectivity index (χ1n) is 28.7. The molecule has 83 heavy (non-hydrogen) atoms. The molecule has 2 saturated carbocycles. The molecule has 11 rings (SSSR count). The Balaban J connectivity index is 0.000000223. The molecule has 2 N–H and O–H groups in total. The predicted molar refractivity (Wildman–Crippen MR) is 300 cm³/mol. The Morgan fingerprint density at radius 1 is 0.554 bits per heavy atom. The first-order valence-corrected chi connectivity index (χ1v) is 28.7. The fraction of sp³-hybridized carbons (Fsp3) is 0.547. The Bertz CT molecular complexity index is 2750. The van der Waals surface area contributed by atoms with Gasteiger partial charge in [0.05, 0.1) is 13.2 Å². The van der Waals surface area contributed by atoms with E-state index in [2.05, 4.69) is 15.1 Å². The highest BCUT2D eigenvalue weighted by Crippen LogP contribution is 2.49. The number of likely N-dealkylation sites (tertiary alicyclic amines) is 2. The molecular formula is C64H79ClF3N3O12. The van der Waals surface area contributed by atoms with E-state index in [1.807, 2.05) is 87.5 Å². The Labute approximate surface area is 490 Å². The molecule has 15 nitrogen and oxygen atoms in total. The number of carbonyl (C=O) groups is 2. The van der Waals surface area contributed by atoms with Gasteiger partial charge in [-0.3, -0.25) is 9.80 Å². The monoisotopic (exact) mass is 1170 g/mol. The van der Waals surface area contributed by atoms with Crippen LogP contribution in [0.1, 0.15) is 147 Å². The van der Waals surface area contributed by atoms with Crippen molar-refractivity contribution >= 4 is 42.8 Å². The van der Waals surface area contributed by atoms with Gasteiger partial charge in [0, 0.05) is 12.1 Å². The summed E-state index contributed by atoms with van der Waals surface area (Å²) in [6.07, 6.45) is 14.7. The highest BCUT2D eigenvalue weighted by atomic mass is 35.5. The number of carboxylic acid groups (broad SMARTS) is 1. The molecule has 0 aromatic heterocycles. The molecule has 5 saturated heterocycles. The van der Waals surface area contributed by atoms with Crippen molar-refractivity contribution in [3.8, 4) is 0 Å². The quantitative estimate of drug-likeness (QED) is 0.134. The molecule has 0 radical (unpaired) electrons. The summed E-state index contributed by atoms with van der Waals surface area (Å²) in [4.78, 5) is 78.6. The molecule has 0 bridgehead atoms. The minimum absolute atomic E-state index is 0. The maximum atomic E-state index is 13.6. The van der Waals surface area contributed by atoms with Gasteiger partial charge < -0.3 is 24.6 Å². The maximum absolute atomic E-state index is 13.6. The van der Waals surface area contributed by atoms with Crippen LogP contribution in [0.5, 0.6) is 0 Å². The summed E-state index contributed by atoms with van der Waals surface area (Å²) in [5.41, 5.74) is 5.33.